The van der Waals surface area contributed by atoms with E-state index in [0.29, 0.717) is 0 Å². The van der Waals surface area contributed by atoms with Crippen molar-refractivity contribution in [3.8, 4) is 0 Å². The average Bonchev–Trinajstić information content (AvgIpc) is 1.54. The van der Waals surface area contributed by atoms with E-state index in [1.54, 1.807) is 0 Å². The summed E-state index contributed by atoms with van der Waals surface area (Å²) < 4.78 is 0. The van der Waals surface area contributed by atoms with Gasteiger partial charge in [0.25, 0.3) is 0 Å². The van der Waals surface area contributed by atoms with Crippen LogP contribution in [-0.4, -0.2) is 0 Å². The van der Waals surface area contributed by atoms with Gasteiger partial charge in [0.1, 0.15) is 0 Å². The SMILES string of the molecule is C=C(C)C.C=C(C)C.C=C(C)C.[Cl-]. The zero-order valence-electron chi connectivity index (χ0n) is 10.00. The van der Waals surface area contributed by atoms with Crippen LogP contribution in [0.15, 0.2) is 36.5 Å². The first-order valence-corrected chi connectivity index (χ1v) is 4.06. The van der Waals surface area contributed by atoms with Crippen LogP contribution in [-0.2, 0) is 0 Å². The van der Waals surface area contributed by atoms with Gasteiger partial charge in [-0.1, -0.05) is 16.7 Å². The van der Waals surface area contributed by atoms with Crippen molar-refractivity contribution < 1.29 is 12.4 Å². The van der Waals surface area contributed by atoms with E-state index in [-0.39, 0.29) is 12.4 Å². The fourth-order valence-corrected chi connectivity index (χ4v) is 0. The number of allylic oxidation sites excluding steroid dienone is 3. The second-order valence-electron chi connectivity index (χ2n) is 3.62. The molecule has 0 radical (unpaired) electrons. The molecule has 0 bridgehead atoms. The molecular weight excluding hydrogens is 180 g/mol. The molecule has 0 aromatic heterocycles. The van der Waals surface area contributed by atoms with Gasteiger partial charge >= 0.3 is 0 Å². The van der Waals surface area contributed by atoms with E-state index in [1.165, 1.54) is 16.7 Å². The zero-order chi connectivity index (χ0) is 10.7. The van der Waals surface area contributed by atoms with Crippen molar-refractivity contribution in [1.82, 2.24) is 0 Å². The summed E-state index contributed by atoms with van der Waals surface area (Å²) in [7, 11) is 0. The van der Waals surface area contributed by atoms with Crippen LogP contribution in [0.25, 0.3) is 0 Å². The highest BCUT2D eigenvalue weighted by atomic mass is 35.5. The van der Waals surface area contributed by atoms with Gasteiger partial charge in [-0.3, -0.25) is 0 Å². The minimum Gasteiger partial charge on any atom is -1.00 e. The standard InChI is InChI=1S/3C4H8.ClH/c3*1-4(2)3;/h3*1H2,2-3H3;1H/p-1. The highest BCUT2D eigenvalue weighted by Crippen LogP contribution is 1.74. The molecule has 0 aliphatic carbocycles. The molecule has 0 amide bonds. The molecule has 0 aliphatic heterocycles. The van der Waals surface area contributed by atoms with Crippen LogP contribution in [0.4, 0.5) is 0 Å². The molecule has 0 N–H and O–H groups in total. The van der Waals surface area contributed by atoms with E-state index in [4.69, 9.17) is 0 Å². The molecule has 0 aromatic carbocycles. The number of hydrogen-bond donors (Lipinski definition) is 0. The number of rotatable bonds is 0. The number of halogens is 1. The summed E-state index contributed by atoms with van der Waals surface area (Å²) in [6, 6.07) is 0. The van der Waals surface area contributed by atoms with E-state index in [9.17, 15) is 0 Å². The molecule has 13 heavy (non-hydrogen) atoms. The molecule has 0 saturated carbocycles. The molecule has 0 aliphatic rings. The molecular formula is C12H24Cl-. The Morgan fingerprint density at radius 1 is 0.538 bits per heavy atom. The third-order valence-electron chi connectivity index (χ3n) is 0. The maximum absolute atomic E-state index is 3.56. The van der Waals surface area contributed by atoms with Gasteiger partial charge in [0.15, 0.2) is 0 Å². The largest absolute Gasteiger partial charge is 1.00 e. The Morgan fingerprint density at radius 3 is 0.538 bits per heavy atom. The molecule has 0 atom stereocenters. The molecule has 0 heterocycles. The first-order valence-electron chi connectivity index (χ1n) is 4.06. The molecule has 0 saturated heterocycles. The van der Waals surface area contributed by atoms with Crippen molar-refractivity contribution in [3.05, 3.63) is 36.5 Å². The van der Waals surface area contributed by atoms with Crippen molar-refractivity contribution in [3.63, 3.8) is 0 Å². The van der Waals surface area contributed by atoms with Gasteiger partial charge in [-0.05, 0) is 41.5 Å². The van der Waals surface area contributed by atoms with Crippen LogP contribution >= 0.6 is 0 Å². The third-order valence-corrected chi connectivity index (χ3v) is 0. The summed E-state index contributed by atoms with van der Waals surface area (Å²) >= 11 is 0. The maximum atomic E-state index is 3.56. The summed E-state index contributed by atoms with van der Waals surface area (Å²) in [5.41, 5.74) is 3.50. The Morgan fingerprint density at radius 2 is 0.538 bits per heavy atom. The monoisotopic (exact) mass is 203 g/mol. The molecule has 1 heteroatoms. The number of hydrogen-bond acceptors (Lipinski definition) is 0. The summed E-state index contributed by atoms with van der Waals surface area (Å²) in [6.45, 7) is 22.5. The fraction of sp³-hybridized carbons (Fsp3) is 0.500. The van der Waals surface area contributed by atoms with Crippen molar-refractivity contribution >= 4 is 0 Å². The predicted molar refractivity (Wildman–Crippen MR) is 61.5 cm³/mol. The second kappa shape index (κ2) is 17.6. The molecule has 0 aromatic rings. The zero-order valence-corrected chi connectivity index (χ0v) is 10.8. The predicted octanol–water partition coefficient (Wildman–Crippen LogP) is 1.75. The van der Waals surface area contributed by atoms with Crippen LogP contribution in [0.5, 0.6) is 0 Å². The van der Waals surface area contributed by atoms with Crippen LogP contribution in [0.2, 0.25) is 0 Å². The molecule has 0 fully saturated rings. The second-order valence-corrected chi connectivity index (χ2v) is 3.62. The molecule has 0 nitrogen and oxygen atoms in total. The van der Waals surface area contributed by atoms with Crippen LogP contribution < -0.4 is 12.4 Å². The van der Waals surface area contributed by atoms with E-state index in [1.807, 2.05) is 41.5 Å². The maximum Gasteiger partial charge on any atom is -0.0445 e. The van der Waals surface area contributed by atoms with Crippen LogP contribution in [0, 0.1) is 0 Å². The van der Waals surface area contributed by atoms with Crippen molar-refractivity contribution in [2.24, 2.45) is 0 Å². The normalized spacial score (nSPS) is 6.00. The van der Waals surface area contributed by atoms with Gasteiger partial charge < -0.3 is 12.4 Å². The van der Waals surface area contributed by atoms with Gasteiger partial charge in [-0.15, -0.1) is 19.7 Å². The van der Waals surface area contributed by atoms with Gasteiger partial charge in [-0.2, -0.15) is 0 Å². The van der Waals surface area contributed by atoms with Gasteiger partial charge in [0.2, 0.25) is 0 Å². The highest BCUT2D eigenvalue weighted by Gasteiger charge is 1.52. The lowest BCUT2D eigenvalue weighted by molar-refractivity contribution is -0.00000324. The van der Waals surface area contributed by atoms with Gasteiger partial charge in [-0.25, -0.2) is 0 Å². The third kappa shape index (κ3) is 4340. The Hall–Kier alpha value is -0.490. The van der Waals surface area contributed by atoms with Crippen molar-refractivity contribution in [2.45, 2.75) is 41.5 Å². The minimum atomic E-state index is 0. The lowest BCUT2D eigenvalue weighted by atomic mass is 10.4. The van der Waals surface area contributed by atoms with Crippen LogP contribution in [0.1, 0.15) is 41.5 Å². The summed E-state index contributed by atoms with van der Waals surface area (Å²) in [5.74, 6) is 0. The Bertz CT molecular complexity index is 103. The summed E-state index contributed by atoms with van der Waals surface area (Å²) in [6.07, 6.45) is 0. The molecule has 0 rings (SSSR count). The summed E-state index contributed by atoms with van der Waals surface area (Å²) in [4.78, 5) is 0. The average molecular weight is 204 g/mol. The van der Waals surface area contributed by atoms with E-state index < -0.39 is 0 Å². The van der Waals surface area contributed by atoms with Crippen molar-refractivity contribution in [2.75, 3.05) is 0 Å². The summed E-state index contributed by atoms with van der Waals surface area (Å²) in [5, 5.41) is 0. The van der Waals surface area contributed by atoms with Crippen molar-refractivity contribution in [1.29, 1.82) is 0 Å². The lowest BCUT2D eigenvalue weighted by Gasteiger charge is -1.65. The molecule has 0 spiro atoms. The van der Waals surface area contributed by atoms with Gasteiger partial charge in [0.05, 0.1) is 0 Å². The first-order chi connectivity index (χ1) is 5.20. The van der Waals surface area contributed by atoms with E-state index in [2.05, 4.69) is 19.7 Å². The first kappa shape index (κ1) is 22.9. The topological polar surface area (TPSA) is 0 Å². The quantitative estimate of drug-likeness (QED) is 0.527. The van der Waals surface area contributed by atoms with Gasteiger partial charge in [0, 0.05) is 0 Å². The van der Waals surface area contributed by atoms with E-state index >= 15 is 0 Å². The molecule has 0 unspecified atom stereocenters. The minimum absolute atomic E-state index is 0. The Balaban J connectivity index is -0.0000000450. The Kier molecular flexibility index (Phi) is 30.9. The van der Waals surface area contributed by atoms with E-state index in [0.717, 1.165) is 0 Å². The highest BCUT2D eigenvalue weighted by molar-refractivity contribution is 4.79. The smallest absolute Gasteiger partial charge is 0.0445 e. The molecule has 80 valence electrons. The van der Waals surface area contributed by atoms with Crippen LogP contribution in [0.3, 0.4) is 0 Å². The fourth-order valence-electron chi connectivity index (χ4n) is 0. The lowest BCUT2D eigenvalue weighted by Crippen LogP contribution is -3.00. The Labute approximate surface area is 90.8 Å².